The molecule has 2 aromatic rings. The van der Waals surface area contributed by atoms with Gasteiger partial charge in [-0.1, -0.05) is 0 Å². The van der Waals surface area contributed by atoms with E-state index in [1.807, 2.05) is 12.1 Å². The van der Waals surface area contributed by atoms with Crippen molar-refractivity contribution in [3.8, 4) is 0 Å². The SMILES string of the molecule is Cc1cc(=O)c(C(=O)Nc2ccc(Br)c(I)c2)c[nH]1. The largest absolute Gasteiger partial charge is 0.364 e. The van der Waals surface area contributed by atoms with Crippen LogP contribution in [0.2, 0.25) is 0 Å². The highest BCUT2D eigenvalue weighted by atomic mass is 127. The molecule has 1 amide bonds. The molecule has 2 N–H and O–H groups in total. The monoisotopic (exact) mass is 432 g/mol. The predicted molar refractivity (Wildman–Crippen MR) is 86.6 cm³/mol. The van der Waals surface area contributed by atoms with Crippen molar-refractivity contribution in [3.05, 3.63) is 60.0 Å². The predicted octanol–water partition coefficient (Wildman–Crippen LogP) is 3.30. The lowest BCUT2D eigenvalue weighted by molar-refractivity contribution is 0.102. The summed E-state index contributed by atoms with van der Waals surface area (Å²) >= 11 is 5.54. The number of aromatic amines is 1. The van der Waals surface area contributed by atoms with E-state index in [-0.39, 0.29) is 11.0 Å². The topological polar surface area (TPSA) is 62.0 Å². The molecule has 0 saturated carbocycles. The molecule has 19 heavy (non-hydrogen) atoms. The maximum atomic E-state index is 12.0. The molecule has 98 valence electrons. The molecule has 0 bridgehead atoms. The van der Waals surface area contributed by atoms with Crippen LogP contribution in [0.1, 0.15) is 16.1 Å². The Morgan fingerprint density at radius 1 is 1.37 bits per heavy atom. The van der Waals surface area contributed by atoms with Gasteiger partial charge in [0.25, 0.3) is 5.91 Å². The lowest BCUT2D eigenvalue weighted by atomic mass is 10.2. The fourth-order valence-electron chi connectivity index (χ4n) is 1.52. The lowest BCUT2D eigenvalue weighted by Crippen LogP contribution is -2.21. The zero-order valence-corrected chi connectivity index (χ0v) is 13.7. The summed E-state index contributed by atoms with van der Waals surface area (Å²) in [7, 11) is 0. The third kappa shape index (κ3) is 3.44. The highest BCUT2D eigenvalue weighted by Crippen LogP contribution is 2.22. The van der Waals surface area contributed by atoms with E-state index >= 15 is 0 Å². The zero-order valence-electron chi connectivity index (χ0n) is 9.96. The van der Waals surface area contributed by atoms with Crippen LogP contribution < -0.4 is 10.7 Å². The summed E-state index contributed by atoms with van der Waals surface area (Å²) in [5.41, 5.74) is 1.18. The van der Waals surface area contributed by atoms with Crippen LogP contribution >= 0.6 is 38.5 Å². The molecule has 0 aliphatic carbocycles. The van der Waals surface area contributed by atoms with Crippen LogP contribution in [0.4, 0.5) is 5.69 Å². The van der Waals surface area contributed by atoms with Crippen molar-refractivity contribution in [2.24, 2.45) is 0 Å². The smallest absolute Gasteiger partial charge is 0.261 e. The van der Waals surface area contributed by atoms with Gasteiger partial charge in [-0.25, -0.2) is 0 Å². The van der Waals surface area contributed by atoms with Crippen LogP contribution in [0.25, 0.3) is 0 Å². The average molecular weight is 433 g/mol. The van der Waals surface area contributed by atoms with Crippen molar-refractivity contribution >= 4 is 50.1 Å². The quantitative estimate of drug-likeness (QED) is 0.715. The van der Waals surface area contributed by atoms with E-state index in [0.717, 1.165) is 13.7 Å². The van der Waals surface area contributed by atoms with E-state index < -0.39 is 5.91 Å². The summed E-state index contributed by atoms with van der Waals surface area (Å²) < 4.78 is 1.94. The van der Waals surface area contributed by atoms with Crippen molar-refractivity contribution in [1.29, 1.82) is 0 Å². The number of pyridine rings is 1. The molecule has 0 atom stereocenters. The lowest BCUT2D eigenvalue weighted by Gasteiger charge is -2.06. The number of carbonyl (C=O) groups excluding carboxylic acids is 1. The van der Waals surface area contributed by atoms with Gasteiger partial charge in [0.2, 0.25) is 0 Å². The van der Waals surface area contributed by atoms with Gasteiger partial charge in [0, 0.05) is 31.7 Å². The Labute approximate surface area is 131 Å². The number of H-pyrrole nitrogens is 1. The van der Waals surface area contributed by atoms with E-state index in [0.29, 0.717) is 5.69 Å². The Balaban J connectivity index is 2.25. The summed E-state index contributed by atoms with van der Waals surface area (Å²) in [6, 6.07) is 6.84. The van der Waals surface area contributed by atoms with Crippen LogP contribution in [0.15, 0.2) is 39.7 Å². The summed E-state index contributed by atoms with van der Waals surface area (Å²) in [4.78, 5) is 26.6. The van der Waals surface area contributed by atoms with Gasteiger partial charge in [0.15, 0.2) is 5.43 Å². The number of anilines is 1. The molecule has 0 aliphatic rings. The summed E-state index contributed by atoms with van der Waals surface area (Å²) in [6.07, 6.45) is 1.43. The van der Waals surface area contributed by atoms with Crippen molar-refractivity contribution in [1.82, 2.24) is 4.98 Å². The van der Waals surface area contributed by atoms with Crippen molar-refractivity contribution in [2.75, 3.05) is 5.32 Å². The number of rotatable bonds is 2. The fourth-order valence-corrected chi connectivity index (χ4v) is 2.28. The van der Waals surface area contributed by atoms with Gasteiger partial charge >= 0.3 is 0 Å². The standard InChI is InChI=1S/C13H10BrIN2O2/c1-7-4-12(18)9(6-16-7)13(19)17-8-2-3-10(14)11(15)5-8/h2-6H,1H3,(H,16,18)(H,17,19). The molecule has 0 fully saturated rings. The zero-order chi connectivity index (χ0) is 14.0. The number of hydrogen-bond acceptors (Lipinski definition) is 2. The van der Waals surface area contributed by atoms with Gasteiger partial charge in [0.05, 0.1) is 0 Å². The first-order valence-electron chi connectivity index (χ1n) is 5.43. The number of aromatic nitrogens is 1. The minimum absolute atomic E-state index is 0.100. The Morgan fingerprint density at radius 2 is 2.11 bits per heavy atom. The Kier molecular flexibility index (Phi) is 4.41. The molecule has 6 heteroatoms. The van der Waals surface area contributed by atoms with Crippen molar-refractivity contribution < 1.29 is 4.79 Å². The van der Waals surface area contributed by atoms with E-state index in [2.05, 4.69) is 48.8 Å². The first kappa shape index (κ1) is 14.3. The molecule has 0 aliphatic heterocycles. The summed E-state index contributed by atoms with van der Waals surface area (Å²) in [6.45, 7) is 1.76. The van der Waals surface area contributed by atoms with E-state index in [4.69, 9.17) is 0 Å². The molecule has 1 aromatic carbocycles. The van der Waals surface area contributed by atoms with E-state index in [9.17, 15) is 9.59 Å². The van der Waals surface area contributed by atoms with Gasteiger partial charge in [-0.3, -0.25) is 9.59 Å². The third-order valence-corrected chi connectivity index (χ3v) is 4.80. The maximum Gasteiger partial charge on any atom is 0.261 e. The normalized spacial score (nSPS) is 10.3. The number of nitrogens with one attached hydrogen (secondary N) is 2. The number of benzene rings is 1. The Morgan fingerprint density at radius 3 is 2.74 bits per heavy atom. The molecule has 4 nitrogen and oxygen atoms in total. The molecule has 2 rings (SSSR count). The first-order chi connectivity index (χ1) is 8.97. The molecule has 0 radical (unpaired) electrons. The second-order valence-electron chi connectivity index (χ2n) is 3.98. The van der Waals surface area contributed by atoms with Gasteiger partial charge in [-0.15, -0.1) is 0 Å². The van der Waals surface area contributed by atoms with Crippen LogP contribution in [0, 0.1) is 10.5 Å². The highest BCUT2D eigenvalue weighted by molar-refractivity contribution is 14.1. The minimum atomic E-state index is -0.417. The summed E-state index contributed by atoms with van der Waals surface area (Å²) in [5, 5.41) is 2.70. The summed E-state index contributed by atoms with van der Waals surface area (Å²) in [5.74, 6) is -0.417. The molecule has 0 spiro atoms. The van der Waals surface area contributed by atoms with Crippen LogP contribution in [0.5, 0.6) is 0 Å². The second kappa shape index (κ2) is 5.87. The number of carbonyl (C=O) groups is 1. The maximum absolute atomic E-state index is 12.0. The fraction of sp³-hybridized carbons (Fsp3) is 0.0769. The van der Waals surface area contributed by atoms with Crippen molar-refractivity contribution in [3.63, 3.8) is 0 Å². The van der Waals surface area contributed by atoms with Gasteiger partial charge < -0.3 is 10.3 Å². The van der Waals surface area contributed by atoms with Crippen molar-refractivity contribution in [2.45, 2.75) is 6.92 Å². The Bertz CT molecular complexity index is 697. The number of aryl methyl sites for hydroxylation is 1. The second-order valence-corrected chi connectivity index (χ2v) is 5.99. The minimum Gasteiger partial charge on any atom is -0.364 e. The average Bonchev–Trinajstić information content (AvgIpc) is 2.33. The third-order valence-electron chi connectivity index (χ3n) is 2.48. The first-order valence-corrected chi connectivity index (χ1v) is 7.30. The molecule has 1 heterocycles. The number of halogens is 2. The number of amides is 1. The van der Waals surface area contributed by atoms with E-state index in [1.165, 1.54) is 12.3 Å². The van der Waals surface area contributed by atoms with Gasteiger partial charge in [-0.05, 0) is 63.6 Å². The molecular weight excluding hydrogens is 423 g/mol. The van der Waals surface area contributed by atoms with Crippen LogP contribution in [-0.4, -0.2) is 10.9 Å². The highest BCUT2D eigenvalue weighted by Gasteiger charge is 2.11. The molecule has 1 aromatic heterocycles. The number of hydrogen-bond donors (Lipinski definition) is 2. The van der Waals surface area contributed by atoms with Crippen LogP contribution in [-0.2, 0) is 0 Å². The molecule has 0 unspecified atom stereocenters. The Hall–Kier alpha value is -1.15. The molecule has 0 saturated heterocycles. The van der Waals surface area contributed by atoms with Gasteiger partial charge in [0.1, 0.15) is 5.56 Å². The van der Waals surface area contributed by atoms with E-state index in [1.54, 1.807) is 13.0 Å². The van der Waals surface area contributed by atoms with Crippen LogP contribution in [0.3, 0.4) is 0 Å². The van der Waals surface area contributed by atoms with Gasteiger partial charge in [-0.2, -0.15) is 0 Å². The molecular formula is C13H10BrIN2O2.